The zero-order chi connectivity index (χ0) is 13.6. The molecule has 2 N–H and O–H groups in total. The Bertz CT molecular complexity index is 776. The average molecular weight is 251 g/mol. The fraction of sp³-hybridized carbons (Fsp3) is 0.188. The molecule has 0 amide bonds. The lowest BCUT2D eigenvalue weighted by atomic mass is 10.0. The summed E-state index contributed by atoms with van der Waals surface area (Å²) in [6.45, 7) is 2.10. The van der Waals surface area contributed by atoms with Crippen LogP contribution in [0.4, 0.5) is 11.4 Å². The van der Waals surface area contributed by atoms with Crippen molar-refractivity contribution >= 4 is 33.2 Å². The summed E-state index contributed by atoms with van der Waals surface area (Å²) >= 11 is 0. The first kappa shape index (κ1) is 11.8. The highest BCUT2D eigenvalue weighted by Gasteiger charge is 2.11. The van der Waals surface area contributed by atoms with Crippen LogP contribution in [0.25, 0.3) is 21.8 Å². The standard InChI is InChI=1S/C16H17N3/c1-10-12-8-11-6-4-5-7-14(11)18-15(12)9-13(17)16(10)19(2)3/h4-9H,17H2,1-3H3. The second-order valence-electron chi connectivity index (χ2n) is 5.08. The van der Waals surface area contributed by atoms with Gasteiger partial charge in [0.1, 0.15) is 0 Å². The molecule has 2 aromatic carbocycles. The monoisotopic (exact) mass is 251 g/mol. The fourth-order valence-corrected chi connectivity index (χ4v) is 2.69. The van der Waals surface area contributed by atoms with Crippen molar-refractivity contribution in [2.45, 2.75) is 6.92 Å². The van der Waals surface area contributed by atoms with Gasteiger partial charge in [0, 0.05) is 24.9 Å². The molecule has 96 valence electrons. The summed E-state index contributed by atoms with van der Waals surface area (Å²) in [6.07, 6.45) is 0. The molecule has 0 bridgehead atoms. The van der Waals surface area contributed by atoms with Crippen molar-refractivity contribution in [3.8, 4) is 0 Å². The van der Waals surface area contributed by atoms with E-state index in [1.165, 1.54) is 5.56 Å². The predicted octanol–water partition coefficient (Wildman–Crippen LogP) is 3.34. The second-order valence-corrected chi connectivity index (χ2v) is 5.08. The average Bonchev–Trinajstić information content (AvgIpc) is 2.36. The lowest BCUT2D eigenvalue weighted by Crippen LogP contribution is -2.13. The van der Waals surface area contributed by atoms with Gasteiger partial charge >= 0.3 is 0 Å². The third kappa shape index (κ3) is 1.78. The second kappa shape index (κ2) is 4.12. The zero-order valence-corrected chi connectivity index (χ0v) is 11.4. The van der Waals surface area contributed by atoms with Crippen LogP contribution in [0.1, 0.15) is 5.56 Å². The lowest BCUT2D eigenvalue weighted by Gasteiger charge is -2.20. The Labute approximate surface area is 112 Å². The number of nitrogens with two attached hydrogens (primary N) is 1. The van der Waals surface area contributed by atoms with E-state index < -0.39 is 0 Å². The molecule has 0 aliphatic rings. The van der Waals surface area contributed by atoms with Crippen LogP contribution in [0.2, 0.25) is 0 Å². The van der Waals surface area contributed by atoms with Crippen LogP contribution in [0, 0.1) is 6.92 Å². The Morgan fingerprint density at radius 2 is 1.79 bits per heavy atom. The normalized spacial score (nSPS) is 11.1. The van der Waals surface area contributed by atoms with Gasteiger partial charge in [0.2, 0.25) is 0 Å². The van der Waals surface area contributed by atoms with E-state index >= 15 is 0 Å². The molecule has 3 rings (SSSR count). The van der Waals surface area contributed by atoms with E-state index in [1.807, 2.05) is 38.4 Å². The number of anilines is 2. The summed E-state index contributed by atoms with van der Waals surface area (Å²) < 4.78 is 0. The molecular formula is C16H17N3. The van der Waals surface area contributed by atoms with E-state index in [0.29, 0.717) is 0 Å². The van der Waals surface area contributed by atoms with Crippen molar-refractivity contribution in [3.05, 3.63) is 42.0 Å². The number of nitrogens with zero attached hydrogens (tertiary/aromatic N) is 2. The first-order valence-corrected chi connectivity index (χ1v) is 6.34. The molecule has 0 radical (unpaired) electrons. The maximum Gasteiger partial charge on any atom is 0.0734 e. The number of fused-ring (bicyclic) bond motifs is 2. The molecule has 0 unspecified atom stereocenters. The Balaban J connectivity index is 2.45. The molecule has 19 heavy (non-hydrogen) atoms. The first-order valence-electron chi connectivity index (χ1n) is 6.34. The summed E-state index contributed by atoms with van der Waals surface area (Å²) in [5, 5.41) is 2.32. The minimum absolute atomic E-state index is 0.776. The number of nitrogen functional groups attached to an aromatic ring is 1. The van der Waals surface area contributed by atoms with Gasteiger partial charge in [-0.15, -0.1) is 0 Å². The fourth-order valence-electron chi connectivity index (χ4n) is 2.69. The SMILES string of the molecule is Cc1c(N(C)C)c(N)cc2nc3ccccc3cc12. The van der Waals surface area contributed by atoms with Crippen LogP contribution in [-0.4, -0.2) is 19.1 Å². The summed E-state index contributed by atoms with van der Waals surface area (Å²) in [6, 6.07) is 12.3. The maximum absolute atomic E-state index is 6.15. The number of aromatic nitrogens is 1. The van der Waals surface area contributed by atoms with Crippen molar-refractivity contribution in [3.63, 3.8) is 0 Å². The van der Waals surface area contributed by atoms with Crippen LogP contribution >= 0.6 is 0 Å². The Morgan fingerprint density at radius 3 is 2.53 bits per heavy atom. The van der Waals surface area contributed by atoms with E-state index in [9.17, 15) is 0 Å². The lowest BCUT2D eigenvalue weighted by molar-refractivity contribution is 1.12. The number of para-hydroxylation sites is 1. The van der Waals surface area contributed by atoms with Crippen molar-refractivity contribution < 1.29 is 0 Å². The van der Waals surface area contributed by atoms with Gasteiger partial charge in [-0.05, 0) is 30.7 Å². The molecule has 0 atom stereocenters. The predicted molar refractivity (Wildman–Crippen MR) is 82.7 cm³/mol. The van der Waals surface area contributed by atoms with Crippen LogP contribution < -0.4 is 10.6 Å². The first-order chi connectivity index (χ1) is 9.08. The minimum atomic E-state index is 0.776. The molecule has 3 aromatic rings. The largest absolute Gasteiger partial charge is 0.397 e. The van der Waals surface area contributed by atoms with Gasteiger partial charge in [0.05, 0.1) is 22.4 Å². The molecule has 0 saturated heterocycles. The van der Waals surface area contributed by atoms with E-state index in [2.05, 4.69) is 24.0 Å². The third-order valence-electron chi connectivity index (χ3n) is 3.53. The van der Waals surface area contributed by atoms with E-state index in [0.717, 1.165) is 33.2 Å². The number of benzene rings is 2. The number of rotatable bonds is 1. The summed E-state index contributed by atoms with van der Waals surface area (Å²) in [5.41, 5.74) is 11.1. The van der Waals surface area contributed by atoms with Crippen LogP contribution in [0.5, 0.6) is 0 Å². The zero-order valence-electron chi connectivity index (χ0n) is 11.4. The Kier molecular flexibility index (Phi) is 2.56. The van der Waals surface area contributed by atoms with Crippen molar-refractivity contribution in [1.82, 2.24) is 4.98 Å². The molecule has 3 nitrogen and oxygen atoms in total. The van der Waals surface area contributed by atoms with E-state index in [4.69, 9.17) is 10.7 Å². The van der Waals surface area contributed by atoms with Gasteiger partial charge in [0.15, 0.2) is 0 Å². The van der Waals surface area contributed by atoms with Crippen molar-refractivity contribution in [2.24, 2.45) is 0 Å². The topological polar surface area (TPSA) is 42.1 Å². The number of pyridine rings is 1. The highest BCUT2D eigenvalue weighted by molar-refractivity contribution is 5.99. The minimum Gasteiger partial charge on any atom is -0.397 e. The molecule has 1 heterocycles. The van der Waals surface area contributed by atoms with E-state index in [1.54, 1.807) is 0 Å². The summed E-state index contributed by atoms with van der Waals surface area (Å²) in [5.74, 6) is 0. The maximum atomic E-state index is 6.15. The summed E-state index contributed by atoms with van der Waals surface area (Å²) in [4.78, 5) is 6.76. The van der Waals surface area contributed by atoms with Gasteiger partial charge in [-0.25, -0.2) is 4.98 Å². The third-order valence-corrected chi connectivity index (χ3v) is 3.53. The van der Waals surface area contributed by atoms with Gasteiger partial charge in [-0.3, -0.25) is 0 Å². The van der Waals surface area contributed by atoms with Crippen molar-refractivity contribution in [2.75, 3.05) is 24.7 Å². The van der Waals surface area contributed by atoms with Crippen molar-refractivity contribution in [1.29, 1.82) is 0 Å². The molecule has 1 aromatic heterocycles. The molecule has 0 fully saturated rings. The number of hydrogen-bond donors (Lipinski definition) is 1. The van der Waals surface area contributed by atoms with Gasteiger partial charge in [0.25, 0.3) is 0 Å². The number of aryl methyl sites for hydroxylation is 1. The molecule has 0 aliphatic heterocycles. The van der Waals surface area contributed by atoms with Gasteiger partial charge in [-0.2, -0.15) is 0 Å². The van der Waals surface area contributed by atoms with E-state index in [-0.39, 0.29) is 0 Å². The van der Waals surface area contributed by atoms with Crippen LogP contribution in [0.15, 0.2) is 36.4 Å². The van der Waals surface area contributed by atoms with Crippen LogP contribution in [0.3, 0.4) is 0 Å². The van der Waals surface area contributed by atoms with Crippen LogP contribution in [-0.2, 0) is 0 Å². The highest BCUT2D eigenvalue weighted by atomic mass is 15.1. The Hall–Kier alpha value is -2.29. The van der Waals surface area contributed by atoms with Gasteiger partial charge in [-0.1, -0.05) is 18.2 Å². The number of hydrogen-bond acceptors (Lipinski definition) is 3. The molecular weight excluding hydrogens is 234 g/mol. The van der Waals surface area contributed by atoms with Gasteiger partial charge < -0.3 is 10.6 Å². The quantitative estimate of drug-likeness (QED) is 0.532. The molecule has 3 heteroatoms. The molecule has 0 saturated carbocycles. The molecule has 0 spiro atoms. The molecule has 0 aliphatic carbocycles. The summed E-state index contributed by atoms with van der Waals surface area (Å²) in [7, 11) is 4.03. The highest BCUT2D eigenvalue weighted by Crippen LogP contribution is 2.33. The smallest absolute Gasteiger partial charge is 0.0734 e. The Morgan fingerprint density at radius 1 is 1.05 bits per heavy atom.